The molecule has 0 aromatic rings. The zero-order chi connectivity index (χ0) is 9.10. The monoisotopic (exact) mass is 182 g/mol. The van der Waals surface area contributed by atoms with Gasteiger partial charge < -0.3 is 5.32 Å². The van der Waals surface area contributed by atoms with Crippen LogP contribution in [-0.2, 0) is 0 Å². The number of likely N-dealkylation sites (tertiary alicyclic amines) is 1. The molecule has 1 saturated carbocycles. The molecule has 0 spiro atoms. The van der Waals surface area contributed by atoms with Gasteiger partial charge in [0.1, 0.15) is 0 Å². The van der Waals surface area contributed by atoms with E-state index in [2.05, 4.69) is 17.1 Å². The quantitative estimate of drug-likeness (QED) is 0.710. The maximum atomic E-state index is 3.68. The molecule has 1 atom stereocenters. The van der Waals surface area contributed by atoms with Crippen molar-refractivity contribution in [3.05, 3.63) is 0 Å². The summed E-state index contributed by atoms with van der Waals surface area (Å²) in [6.45, 7) is 6.07. The van der Waals surface area contributed by atoms with E-state index in [-0.39, 0.29) is 0 Å². The van der Waals surface area contributed by atoms with Crippen molar-refractivity contribution in [1.82, 2.24) is 10.2 Å². The lowest BCUT2D eigenvalue weighted by atomic mass is 9.93. The van der Waals surface area contributed by atoms with Crippen LogP contribution in [0, 0.1) is 0 Å². The van der Waals surface area contributed by atoms with E-state index in [0.29, 0.717) is 0 Å². The Balaban J connectivity index is 1.67. The number of nitrogens with zero attached hydrogens (tertiary/aromatic N) is 1. The molecule has 0 radical (unpaired) electrons. The fourth-order valence-electron chi connectivity index (χ4n) is 2.46. The van der Waals surface area contributed by atoms with Crippen molar-refractivity contribution < 1.29 is 0 Å². The van der Waals surface area contributed by atoms with Gasteiger partial charge in [0, 0.05) is 18.6 Å². The maximum absolute atomic E-state index is 3.68. The summed E-state index contributed by atoms with van der Waals surface area (Å²) >= 11 is 0. The molecule has 0 amide bonds. The lowest BCUT2D eigenvalue weighted by Crippen LogP contribution is -2.44. The summed E-state index contributed by atoms with van der Waals surface area (Å²) in [7, 11) is 0. The average Bonchev–Trinajstić information content (AvgIpc) is 2.49. The summed E-state index contributed by atoms with van der Waals surface area (Å²) in [4.78, 5) is 2.62. The van der Waals surface area contributed by atoms with E-state index in [0.717, 1.165) is 12.1 Å². The van der Waals surface area contributed by atoms with Gasteiger partial charge in [-0.1, -0.05) is 13.3 Å². The Morgan fingerprint density at radius 2 is 2.08 bits per heavy atom. The lowest BCUT2D eigenvalue weighted by molar-refractivity contribution is 0.237. The minimum Gasteiger partial charge on any atom is -0.312 e. The van der Waals surface area contributed by atoms with Gasteiger partial charge in [0.05, 0.1) is 0 Å². The van der Waals surface area contributed by atoms with Crippen molar-refractivity contribution in [2.45, 2.75) is 51.1 Å². The first kappa shape index (κ1) is 9.47. The van der Waals surface area contributed by atoms with E-state index >= 15 is 0 Å². The number of hydrogen-bond donors (Lipinski definition) is 1. The Morgan fingerprint density at radius 3 is 2.69 bits per heavy atom. The van der Waals surface area contributed by atoms with Crippen molar-refractivity contribution in [1.29, 1.82) is 0 Å². The van der Waals surface area contributed by atoms with E-state index in [1.807, 2.05) is 0 Å². The van der Waals surface area contributed by atoms with Gasteiger partial charge >= 0.3 is 0 Å². The fraction of sp³-hybridized carbons (Fsp3) is 1.00. The molecule has 2 fully saturated rings. The van der Waals surface area contributed by atoms with Gasteiger partial charge in [0.2, 0.25) is 0 Å². The molecule has 2 heteroatoms. The van der Waals surface area contributed by atoms with Crippen LogP contribution in [0.2, 0.25) is 0 Å². The third kappa shape index (κ3) is 2.23. The summed E-state index contributed by atoms with van der Waals surface area (Å²) in [6.07, 6.45) is 7.09. The van der Waals surface area contributed by atoms with E-state index in [1.165, 1.54) is 51.7 Å². The standard InChI is InChI=1S/C11H22N2/c1-2-13-8-4-7-11(13)9-12-10-5-3-6-10/h10-12H,2-9H2,1H3/t11-/m1/s1. The molecule has 1 saturated heterocycles. The van der Waals surface area contributed by atoms with E-state index < -0.39 is 0 Å². The highest BCUT2D eigenvalue weighted by Crippen LogP contribution is 2.20. The van der Waals surface area contributed by atoms with Crippen LogP contribution >= 0.6 is 0 Å². The molecule has 76 valence electrons. The lowest BCUT2D eigenvalue weighted by Gasteiger charge is -2.30. The maximum Gasteiger partial charge on any atom is 0.0221 e. The van der Waals surface area contributed by atoms with Crippen molar-refractivity contribution in [3.8, 4) is 0 Å². The summed E-state index contributed by atoms with van der Waals surface area (Å²) in [5, 5.41) is 3.68. The second-order valence-electron chi connectivity index (χ2n) is 4.46. The van der Waals surface area contributed by atoms with Crippen LogP contribution in [0.5, 0.6) is 0 Å². The van der Waals surface area contributed by atoms with Crippen LogP contribution < -0.4 is 5.32 Å². The first-order valence-corrected chi connectivity index (χ1v) is 5.87. The molecule has 2 nitrogen and oxygen atoms in total. The molecule has 13 heavy (non-hydrogen) atoms. The number of likely N-dealkylation sites (N-methyl/N-ethyl adjacent to an activating group) is 1. The molecule has 0 unspecified atom stereocenters. The predicted octanol–water partition coefficient (Wildman–Crippen LogP) is 1.61. The van der Waals surface area contributed by atoms with Crippen LogP contribution in [0.3, 0.4) is 0 Å². The highest BCUT2D eigenvalue weighted by atomic mass is 15.2. The van der Waals surface area contributed by atoms with E-state index in [1.54, 1.807) is 0 Å². The van der Waals surface area contributed by atoms with Crippen molar-refractivity contribution in [2.75, 3.05) is 19.6 Å². The van der Waals surface area contributed by atoms with Crippen LogP contribution in [0.15, 0.2) is 0 Å². The SMILES string of the molecule is CCN1CCC[C@@H]1CNC1CCC1. The highest BCUT2D eigenvalue weighted by Gasteiger charge is 2.24. The second kappa shape index (κ2) is 4.43. The second-order valence-corrected chi connectivity index (χ2v) is 4.46. The minimum absolute atomic E-state index is 0.839. The number of nitrogens with one attached hydrogen (secondary N) is 1. The Bertz CT molecular complexity index is 154. The third-order valence-electron chi connectivity index (χ3n) is 3.65. The van der Waals surface area contributed by atoms with Gasteiger partial charge in [-0.05, 0) is 38.8 Å². The molecular weight excluding hydrogens is 160 g/mol. The third-order valence-corrected chi connectivity index (χ3v) is 3.65. The van der Waals surface area contributed by atoms with Crippen LogP contribution in [0.1, 0.15) is 39.0 Å². The van der Waals surface area contributed by atoms with Crippen molar-refractivity contribution in [2.24, 2.45) is 0 Å². The van der Waals surface area contributed by atoms with Crippen LogP contribution in [0.4, 0.5) is 0 Å². The summed E-state index contributed by atoms with van der Waals surface area (Å²) < 4.78 is 0. The smallest absolute Gasteiger partial charge is 0.0221 e. The predicted molar refractivity (Wildman–Crippen MR) is 55.9 cm³/mol. The number of rotatable bonds is 4. The molecule has 2 rings (SSSR count). The van der Waals surface area contributed by atoms with Gasteiger partial charge in [0.25, 0.3) is 0 Å². The molecule has 1 aliphatic carbocycles. The fourth-order valence-corrected chi connectivity index (χ4v) is 2.46. The van der Waals surface area contributed by atoms with E-state index in [4.69, 9.17) is 0 Å². The van der Waals surface area contributed by atoms with Crippen molar-refractivity contribution in [3.63, 3.8) is 0 Å². The molecule has 1 heterocycles. The Hall–Kier alpha value is -0.0800. The Morgan fingerprint density at radius 1 is 1.23 bits per heavy atom. The minimum atomic E-state index is 0.839. The van der Waals surface area contributed by atoms with Gasteiger partial charge in [-0.15, -0.1) is 0 Å². The first-order chi connectivity index (χ1) is 6.40. The van der Waals surface area contributed by atoms with Crippen LogP contribution in [0.25, 0.3) is 0 Å². The zero-order valence-corrected chi connectivity index (χ0v) is 8.76. The van der Waals surface area contributed by atoms with Gasteiger partial charge in [0.15, 0.2) is 0 Å². The van der Waals surface area contributed by atoms with Crippen LogP contribution in [-0.4, -0.2) is 36.6 Å². The molecule has 1 aliphatic heterocycles. The summed E-state index contributed by atoms with van der Waals surface area (Å²) in [6, 6.07) is 1.70. The van der Waals surface area contributed by atoms with Crippen molar-refractivity contribution >= 4 is 0 Å². The Kier molecular flexibility index (Phi) is 3.23. The molecular formula is C11H22N2. The molecule has 0 aromatic carbocycles. The molecule has 1 N–H and O–H groups in total. The highest BCUT2D eigenvalue weighted by molar-refractivity contribution is 4.83. The van der Waals surface area contributed by atoms with Gasteiger partial charge in [-0.2, -0.15) is 0 Å². The van der Waals surface area contributed by atoms with Gasteiger partial charge in [-0.3, -0.25) is 4.90 Å². The molecule has 2 aliphatic rings. The normalized spacial score (nSPS) is 30.7. The average molecular weight is 182 g/mol. The largest absolute Gasteiger partial charge is 0.312 e. The Labute approximate surface area is 81.7 Å². The first-order valence-electron chi connectivity index (χ1n) is 5.87. The zero-order valence-electron chi connectivity index (χ0n) is 8.76. The molecule has 0 aromatic heterocycles. The number of hydrogen-bond acceptors (Lipinski definition) is 2. The topological polar surface area (TPSA) is 15.3 Å². The summed E-state index contributed by atoms with van der Waals surface area (Å²) in [5.74, 6) is 0. The molecule has 0 bridgehead atoms. The van der Waals surface area contributed by atoms with Gasteiger partial charge in [-0.25, -0.2) is 0 Å². The summed E-state index contributed by atoms with van der Waals surface area (Å²) in [5.41, 5.74) is 0. The van der Waals surface area contributed by atoms with E-state index in [9.17, 15) is 0 Å².